The van der Waals surface area contributed by atoms with E-state index in [9.17, 15) is 9.90 Å². The first-order chi connectivity index (χ1) is 7.41. The number of carbonyl (C=O) groups excluding carboxylic acids is 1. The van der Waals surface area contributed by atoms with E-state index in [-0.39, 0.29) is 11.7 Å². The Hall–Kier alpha value is -1.04. The van der Waals surface area contributed by atoms with Crippen molar-refractivity contribution in [2.24, 2.45) is 0 Å². The van der Waals surface area contributed by atoms with Crippen molar-refractivity contribution < 1.29 is 9.90 Å². The number of hydrogen-bond donors (Lipinski definition) is 1. The lowest BCUT2D eigenvalue weighted by molar-refractivity contribution is 0.0806. The largest absolute Gasteiger partial charge is 0.507 e. The van der Waals surface area contributed by atoms with Gasteiger partial charge in [-0.05, 0) is 47.7 Å². The molecule has 0 aromatic heterocycles. The molecule has 0 saturated carbocycles. The predicted octanol–water partition coefficient (Wildman–Crippen LogP) is 2.64. The van der Waals surface area contributed by atoms with E-state index in [1.807, 2.05) is 29.5 Å². The zero-order chi connectivity index (χ0) is 12.3. The van der Waals surface area contributed by atoms with Gasteiger partial charge >= 0.3 is 0 Å². The molecule has 4 heteroatoms. The van der Waals surface area contributed by atoms with E-state index < -0.39 is 0 Å². The van der Waals surface area contributed by atoms with E-state index in [0.29, 0.717) is 12.1 Å². The lowest BCUT2D eigenvalue weighted by Gasteiger charge is -2.17. The molecule has 0 saturated heterocycles. The summed E-state index contributed by atoms with van der Waals surface area (Å²) in [5, 5.41) is 9.52. The van der Waals surface area contributed by atoms with Gasteiger partial charge in [0.05, 0.1) is 3.57 Å². The van der Waals surface area contributed by atoms with Gasteiger partial charge in [0.1, 0.15) is 5.75 Å². The number of aromatic hydroxyl groups is 1. The van der Waals surface area contributed by atoms with Crippen LogP contribution >= 0.6 is 22.6 Å². The number of nitrogens with zero attached hydrogens (tertiary/aromatic N) is 1. The Balaban J connectivity index is 2.88. The fourth-order valence-corrected chi connectivity index (χ4v) is 1.68. The molecule has 0 bridgehead atoms. The molecular formula is C12H14INO2. The van der Waals surface area contributed by atoms with Gasteiger partial charge < -0.3 is 10.0 Å². The highest BCUT2D eigenvalue weighted by molar-refractivity contribution is 14.1. The van der Waals surface area contributed by atoms with Crippen LogP contribution in [0.5, 0.6) is 5.75 Å². The predicted molar refractivity (Wildman–Crippen MR) is 72.6 cm³/mol. The van der Waals surface area contributed by atoms with Gasteiger partial charge in [-0.2, -0.15) is 0 Å². The minimum Gasteiger partial charge on any atom is -0.507 e. The molecule has 0 radical (unpaired) electrons. The molecule has 0 aliphatic rings. The number of halogens is 1. The minimum atomic E-state index is -0.116. The molecule has 0 aliphatic heterocycles. The van der Waals surface area contributed by atoms with Crippen molar-refractivity contribution in [1.29, 1.82) is 0 Å². The molecule has 0 atom stereocenters. The third-order valence-electron chi connectivity index (χ3n) is 2.05. The Morgan fingerprint density at radius 3 is 2.69 bits per heavy atom. The van der Waals surface area contributed by atoms with E-state index in [1.165, 1.54) is 6.07 Å². The fraction of sp³-hybridized carbons (Fsp3) is 0.250. The van der Waals surface area contributed by atoms with E-state index in [0.717, 1.165) is 9.14 Å². The van der Waals surface area contributed by atoms with Gasteiger partial charge in [-0.25, -0.2) is 0 Å². The summed E-state index contributed by atoms with van der Waals surface area (Å²) >= 11 is 2.01. The number of phenolic OH excluding ortho intramolecular Hbond substituents is 1. The Morgan fingerprint density at radius 2 is 2.19 bits per heavy atom. The van der Waals surface area contributed by atoms with Crippen LogP contribution in [-0.4, -0.2) is 29.5 Å². The second-order valence-corrected chi connectivity index (χ2v) is 4.95. The molecule has 0 unspecified atom stereocenters. The molecule has 1 aromatic carbocycles. The van der Waals surface area contributed by atoms with Crippen LogP contribution in [0.2, 0.25) is 0 Å². The van der Waals surface area contributed by atoms with Crippen molar-refractivity contribution in [3.05, 3.63) is 39.5 Å². The third kappa shape index (κ3) is 3.23. The highest BCUT2D eigenvalue weighted by Crippen LogP contribution is 2.21. The van der Waals surface area contributed by atoms with Crippen molar-refractivity contribution in [3.63, 3.8) is 0 Å². The summed E-state index contributed by atoms with van der Waals surface area (Å²) in [5.41, 5.74) is 1.41. The minimum absolute atomic E-state index is 0.116. The Morgan fingerprint density at radius 1 is 1.56 bits per heavy atom. The molecule has 1 aromatic rings. The van der Waals surface area contributed by atoms with Crippen molar-refractivity contribution in [3.8, 4) is 5.75 Å². The number of hydrogen-bond acceptors (Lipinski definition) is 2. The maximum absolute atomic E-state index is 11.9. The SMILES string of the molecule is C=C(C)CN(C)C(=O)c1ccc(I)c(O)c1. The van der Waals surface area contributed by atoms with Gasteiger partial charge in [0, 0.05) is 19.2 Å². The zero-order valence-electron chi connectivity index (χ0n) is 9.33. The summed E-state index contributed by atoms with van der Waals surface area (Å²) < 4.78 is 0.733. The molecule has 0 aliphatic carbocycles. The van der Waals surface area contributed by atoms with Gasteiger partial charge in [-0.1, -0.05) is 12.2 Å². The van der Waals surface area contributed by atoms with Gasteiger partial charge in [0.25, 0.3) is 5.91 Å². The first-order valence-electron chi connectivity index (χ1n) is 4.80. The van der Waals surface area contributed by atoms with E-state index in [4.69, 9.17) is 0 Å². The molecule has 0 spiro atoms. The number of likely N-dealkylation sites (N-methyl/N-ethyl adjacent to an activating group) is 1. The molecule has 1 N–H and O–H groups in total. The molecular weight excluding hydrogens is 317 g/mol. The first kappa shape index (κ1) is 13.0. The van der Waals surface area contributed by atoms with Crippen LogP contribution in [0.3, 0.4) is 0 Å². The van der Waals surface area contributed by atoms with Crippen LogP contribution in [0.1, 0.15) is 17.3 Å². The fourth-order valence-electron chi connectivity index (χ4n) is 1.34. The summed E-state index contributed by atoms with van der Waals surface area (Å²) in [5.74, 6) is 0.0184. The number of amides is 1. The van der Waals surface area contributed by atoms with Crippen LogP contribution in [0, 0.1) is 3.57 Å². The Labute approximate surface area is 109 Å². The van der Waals surface area contributed by atoms with Crippen LogP contribution in [0.25, 0.3) is 0 Å². The number of phenols is 1. The van der Waals surface area contributed by atoms with Crippen LogP contribution in [-0.2, 0) is 0 Å². The smallest absolute Gasteiger partial charge is 0.254 e. The standard InChI is InChI=1S/C12H14INO2/c1-8(2)7-14(3)12(16)9-4-5-10(13)11(15)6-9/h4-6,15H,1,7H2,2-3H3. The zero-order valence-corrected chi connectivity index (χ0v) is 11.5. The quantitative estimate of drug-likeness (QED) is 0.683. The second kappa shape index (κ2) is 5.34. The maximum atomic E-state index is 11.9. The van der Waals surface area contributed by atoms with Gasteiger partial charge in [0.2, 0.25) is 0 Å². The molecule has 0 heterocycles. The van der Waals surface area contributed by atoms with Gasteiger partial charge in [0.15, 0.2) is 0 Å². The number of benzene rings is 1. The summed E-state index contributed by atoms with van der Waals surface area (Å²) in [4.78, 5) is 13.5. The van der Waals surface area contributed by atoms with Crippen LogP contribution in [0.4, 0.5) is 0 Å². The molecule has 1 amide bonds. The molecule has 3 nitrogen and oxygen atoms in total. The van der Waals surface area contributed by atoms with Gasteiger partial charge in [-0.15, -0.1) is 0 Å². The van der Waals surface area contributed by atoms with Crippen molar-refractivity contribution in [1.82, 2.24) is 4.90 Å². The van der Waals surface area contributed by atoms with E-state index in [2.05, 4.69) is 6.58 Å². The third-order valence-corrected chi connectivity index (χ3v) is 2.96. The van der Waals surface area contributed by atoms with E-state index in [1.54, 1.807) is 24.1 Å². The lowest BCUT2D eigenvalue weighted by Crippen LogP contribution is -2.28. The molecule has 86 valence electrons. The average molecular weight is 331 g/mol. The summed E-state index contributed by atoms with van der Waals surface area (Å²) in [7, 11) is 1.71. The van der Waals surface area contributed by atoms with Crippen molar-refractivity contribution in [2.75, 3.05) is 13.6 Å². The number of rotatable bonds is 3. The highest BCUT2D eigenvalue weighted by atomic mass is 127. The molecule has 0 fully saturated rings. The summed E-state index contributed by atoms with van der Waals surface area (Å²) in [6, 6.07) is 4.91. The average Bonchev–Trinajstić information content (AvgIpc) is 2.20. The summed E-state index contributed by atoms with van der Waals surface area (Å²) in [6.45, 7) is 6.15. The Bertz CT molecular complexity index is 429. The highest BCUT2D eigenvalue weighted by Gasteiger charge is 2.12. The van der Waals surface area contributed by atoms with Crippen molar-refractivity contribution in [2.45, 2.75) is 6.92 Å². The van der Waals surface area contributed by atoms with Crippen molar-refractivity contribution >= 4 is 28.5 Å². The Kier molecular flexibility index (Phi) is 4.35. The van der Waals surface area contributed by atoms with Crippen LogP contribution < -0.4 is 0 Å². The monoisotopic (exact) mass is 331 g/mol. The maximum Gasteiger partial charge on any atom is 0.254 e. The number of carbonyl (C=O) groups is 1. The normalized spacial score (nSPS) is 9.94. The topological polar surface area (TPSA) is 40.5 Å². The van der Waals surface area contributed by atoms with Gasteiger partial charge in [-0.3, -0.25) is 4.79 Å². The van der Waals surface area contributed by atoms with E-state index >= 15 is 0 Å². The molecule has 1 rings (SSSR count). The van der Waals surface area contributed by atoms with Crippen LogP contribution in [0.15, 0.2) is 30.4 Å². The second-order valence-electron chi connectivity index (χ2n) is 3.78. The first-order valence-corrected chi connectivity index (χ1v) is 5.88. The lowest BCUT2D eigenvalue weighted by atomic mass is 10.2. The molecule has 16 heavy (non-hydrogen) atoms. The summed E-state index contributed by atoms with van der Waals surface area (Å²) in [6.07, 6.45) is 0.